The van der Waals surface area contributed by atoms with Crippen molar-refractivity contribution < 1.29 is 32.1 Å². The first-order chi connectivity index (χ1) is 19.8. The van der Waals surface area contributed by atoms with Crippen LogP contribution >= 0.6 is 0 Å². The number of hydrogen-bond acceptors (Lipinski definition) is 3. The molecular formula is C34H38F4O3. The van der Waals surface area contributed by atoms with Gasteiger partial charge in [0.05, 0.1) is 12.7 Å². The summed E-state index contributed by atoms with van der Waals surface area (Å²) in [6.45, 7) is 5.69. The second-order valence-electron chi connectivity index (χ2n) is 10.7. The molecule has 7 heteroatoms. The van der Waals surface area contributed by atoms with Crippen LogP contribution in [0.5, 0.6) is 11.5 Å². The van der Waals surface area contributed by atoms with Crippen molar-refractivity contribution in [1.82, 2.24) is 0 Å². The number of halogens is 4. The number of aliphatic hydroxyl groups is 1. The summed E-state index contributed by atoms with van der Waals surface area (Å²) in [5.41, 5.74) is 1.03. The Kier molecular flexibility index (Phi) is 10.9. The second-order valence-corrected chi connectivity index (χ2v) is 10.7. The highest BCUT2D eigenvalue weighted by atomic mass is 19.2. The van der Waals surface area contributed by atoms with E-state index in [2.05, 4.69) is 6.58 Å². The summed E-state index contributed by atoms with van der Waals surface area (Å²) in [7, 11) is 0. The number of unbranched alkanes of at least 4 members (excludes halogenated alkanes) is 1. The van der Waals surface area contributed by atoms with Crippen molar-refractivity contribution in [3.05, 3.63) is 95.6 Å². The molecule has 0 radical (unpaired) electrons. The average Bonchev–Trinajstić information content (AvgIpc) is 2.99. The van der Waals surface area contributed by atoms with Gasteiger partial charge in [-0.1, -0.05) is 43.7 Å². The van der Waals surface area contributed by atoms with Crippen molar-refractivity contribution in [2.45, 2.75) is 76.9 Å². The Morgan fingerprint density at radius 2 is 1.61 bits per heavy atom. The number of aliphatic hydroxyl groups excluding tert-OH is 1. The molecule has 1 saturated carbocycles. The fourth-order valence-corrected chi connectivity index (χ4v) is 5.55. The molecule has 41 heavy (non-hydrogen) atoms. The maximum absolute atomic E-state index is 15.2. The topological polar surface area (TPSA) is 38.7 Å². The van der Waals surface area contributed by atoms with Gasteiger partial charge in [0.15, 0.2) is 23.2 Å². The fourth-order valence-electron chi connectivity index (χ4n) is 5.55. The number of hydrogen-bond donors (Lipinski definition) is 1. The Morgan fingerprint density at radius 3 is 2.29 bits per heavy atom. The summed E-state index contributed by atoms with van der Waals surface area (Å²) in [6.07, 6.45) is 7.53. The van der Waals surface area contributed by atoms with Crippen LogP contribution in [0.3, 0.4) is 0 Å². The molecule has 1 atom stereocenters. The van der Waals surface area contributed by atoms with Crippen molar-refractivity contribution in [2.75, 3.05) is 6.61 Å². The Morgan fingerprint density at radius 1 is 0.878 bits per heavy atom. The van der Waals surface area contributed by atoms with Gasteiger partial charge in [-0.3, -0.25) is 0 Å². The lowest BCUT2D eigenvalue weighted by Crippen LogP contribution is -2.25. The first-order valence-electron chi connectivity index (χ1n) is 14.4. The van der Waals surface area contributed by atoms with E-state index >= 15 is 8.78 Å². The molecule has 4 rings (SSSR count). The molecule has 0 aliphatic heterocycles. The van der Waals surface area contributed by atoms with E-state index in [1.807, 2.05) is 6.92 Å². The molecule has 1 aliphatic rings. The lowest BCUT2D eigenvalue weighted by atomic mass is 9.75. The smallest absolute Gasteiger partial charge is 0.201 e. The van der Waals surface area contributed by atoms with Crippen molar-refractivity contribution in [2.24, 2.45) is 5.92 Å². The third-order valence-electron chi connectivity index (χ3n) is 7.95. The zero-order valence-corrected chi connectivity index (χ0v) is 23.5. The highest BCUT2D eigenvalue weighted by Crippen LogP contribution is 2.40. The van der Waals surface area contributed by atoms with Crippen LogP contribution in [-0.4, -0.2) is 17.8 Å². The van der Waals surface area contributed by atoms with Gasteiger partial charge in [-0.15, -0.1) is 6.58 Å². The van der Waals surface area contributed by atoms with Gasteiger partial charge in [0, 0.05) is 11.1 Å². The molecule has 1 fully saturated rings. The summed E-state index contributed by atoms with van der Waals surface area (Å²) < 4.78 is 70.2. The molecule has 220 valence electrons. The van der Waals surface area contributed by atoms with E-state index in [0.717, 1.165) is 38.5 Å². The molecule has 0 amide bonds. The molecule has 3 aromatic carbocycles. The molecule has 0 heterocycles. The van der Waals surface area contributed by atoms with E-state index in [4.69, 9.17) is 9.47 Å². The predicted octanol–water partition coefficient (Wildman–Crippen LogP) is 9.27. The van der Waals surface area contributed by atoms with Gasteiger partial charge in [0.2, 0.25) is 5.82 Å². The van der Waals surface area contributed by atoms with Crippen LogP contribution in [-0.2, 0) is 6.61 Å². The zero-order chi connectivity index (χ0) is 29.4. The molecule has 0 saturated heterocycles. The second kappa shape index (κ2) is 14.5. The van der Waals surface area contributed by atoms with E-state index in [1.165, 1.54) is 12.1 Å². The van der Waals surface area contributed by atoms with Crippen LogP contribution in [0, 0.1) is 29.2 Å². The van der Waals surface area contributed by atoms with Crippen molar-refractivity contribution >= 4 is 0 Å². The Hall–Kier alpha value is -3.32. The van der Waals surface area contributed by atoms with Crippen LogP contribution in [0.2, 0.25) is 0 Å². The predicted molar refractivity (Wildman–Crippen MR) is 153 cm³/mol. The maximum atomic E-state index is 15.2. The highest BCUT2D eigenvalue weighted by Gasteiger charge is 2.29. The van der Waals surface area contributed by atoms with Gasteiger partial charge in [0.1, 0.15) is 12.4 Å². The minimum absolute atomic E-state index is 0.0302. The van der Waals surface area contributed by atoms with Gasteiger partial charge >= 0.3 is 0 Å². The minimum Gasteiger partial charge on any atom is -0.490 e. The highest BCUT2D eigenvalue weighted by molar-refractivity contribution is 5.65. The number of benzene rings is 3. The zero-order valence-electron chi connectivity index (χ0n) is 23.5. The standard InChI is InChI=1S/C34H38F4O3/c1-3-5-6-20-40-30-19-14-25(31(35)34(30)38)21-41-26-15-12-23(13-16-26)28-18-17-27(32(36)33(28)37)22-8-10-24(11-9-22)29(39)7-4-2/h3,12-19,22,24,29,39H,1,4-11,20-21H2,2H3. The van der Waals surface area contributed by atoms with Crippen LogP contribution in [0.15, 0.2) is 61.2 Å². The molecule has 1 unspecified atom stereocenters. The monoisotopic (exact) mass is 570 g/mol. The summed E-state index contributed by atoms with van der Waals surface area (Å²) in [6, 6.07) is 12.4. The lowest BCUT2D eigenvalue weighted by molar-refractivity contribution is 0.0727. The third kappa shape index (κ3) is 7.50. The lowest BCUT2D eigenvalue weighted by Gasteiger charge is -2.32. The quantitative estimate of drug-likeness (QED) is 0.126. The molecule has 1 aliphatic carbocycles. The van der Waals surface area contributed by atoms with E-state index in [1.54, 1.807) is 42.5 Å². The van der Waals surface area contributed by atoms with E-state index in [0.29, 0.717) is 29.7 Å². The van der Waals surface area contributed by atoms with Crippen molar-refractivity contribution in [1.29, 1.82) is 0 Å². The Balaban J connectivity index is 1.37. The van der Waals surface area contributed by atoms with Crippen molar-refractivity contribution in [3.8, 4) is 22.6 Å². The number of rotatable bonds is 13. The first kappa shape index (κ1) is 30.6. The molecule has 0 spiro atoms. The molecule has 3 aromatic rings. The van der Waals surface area contributed by atoms with Crippen LogP contribution in [0.25, 0.3) is 11.1 Å². The molecule has 1 N–H and O–H groups in total. The molecule has 0 bridgehead atoms. The Bertz CT molecular complexity index is 1300. The van der Waals surface area contributed by atoms with Crippen molar-refractivity contribution in [3.63, 3.8) is 0 Å². The van der Waals surface area contributed by atoms with Gasteiger partial charge < -0.3 is 14.6 Å². The van der Waals surface area contributed by atoms with E-state index in [-0.39, 0.29) is 48.0 Å². The summed E-state index contributed by atoms with van der Waals surface area (Å²) >= 11 is 0. The van der Waals surface area contributed by atoms with Crippen LogP contribution in [0.4, 0.5) is 17.6 Å². The van der Waals surface area contributed by atoms with Crippen LogP contribution < -0.4 is 9.47 Å². The molecular weight excluding hydrogens is 532 g/mol. The number of allylic oxidation sites excluding steroid dienone is 1. The fraction of sp³-hybridized carbons (Fsp3) is 0.412. The average molecular weight is 571 g/mol. The summed E-state index contributed by atoms with van der Waals surface area (Å²) in [4.78, 5) is 0. The van der Waals surface area contributed by atoms with Gasteiger partial charge in [-0.25, -0.2) is 13.2 Å². The summed E-state index contributed by atoms with van der Waals surface area (Å²) in [5, 5.41) is 10.3. The van der Waals surface area contributed by atoms with Crippen LogP contribution in [0.1, 0.15) is 75.3 Å². The third-order valence-corrected chi connectivity index (χ3v) is 7.95. The summed E-state index contributed by atoms with van der Waals surface area (Å²) in [5.74, 6) is -3.45. The molecule has 0 aromatic heterocycles. The van der Waals surface area contributed by atoms with E-state index < -0.39 is 23.3 Å². The normalized spacial score (nSPS) is 17.7. The Labute approximate surface area is 239 Å². The molecule has 3 nitrogen and oxygen atoms in total. The maximum Gasteiger partial charge on any atom is 0.201 e. The first-order valence-corrected chi connectivity index (χ1v) is 14.4. The minimum atomic E-state index is -1.07. The largest absolute Gasteiger partial charge is 0.490 e. The SMILES string of the molecule is C=CCCCOc1ccc(COc2ccc(-c3ccc(C4CCC(C(O)CCC)CC4)c(F)c3F)cc2)c(F)c1F. The van der Waals surface area contributed by atoms with Gasteiger partial charge in [-0.05, 0) is 92.2 Å². The van der Waals surface area contributed by atoms with Gasteiger partial charge in [0.25, 0.3) is 0 Å². The number of ether oxygens (including phenoxy) is 2. The van der Waals surface area contributed by atoms with Gasteiger partial charge in [-0.2, -0.15) is 4.39 Å². The van der Waals surface area contributed by atoms with E-state index in [9.17, 15) is 13.9 Å².